The van der Waals surface area contributed by atoms with Gasteiger partial charge in [-0.3, -0.25) is 4.90 Å². The Balaban J connectivity index is 2.00. The van der Waals surface area contributed by atoms with E-state index < -0.39 is 0 Å². The van der Waals surface area contributed by atoms with Crippen LogP contribution in [0.4, 0.5) is 0 Å². The van der Waals surface area contributed by atoms with Gasteiger partial charge in [0, 0.05) is 25.2 Å². The summed E-state index contributed by atoms with van der Waals surface area (Å²) in [5.41, 5.74) is 0. The molecule has 1 aromatic rings. The van der Waals surface area contributed by atoms with Gasteiger partial charge in [0.05, 0.1) is 13.6 Å². The lowest BCUT2D eigenvalue weighted by molar-refractivity contribution is 0.121. The molecule has 1 saturated heterocycles. The summed E-state index contributed by atoms with van der Waals surface area (Å²) in [6.07, 6.45) is 1.15. The molecule has 0 spiro atoms. The zero-order valence-electron chi connectivity index (χ0n) is 10.2. The first-order valence-corrected chi connectivity index (χ1v) is 5.89. The largest absolute Gasteiger partial charge is 0.311 e. The number of hydrogen-bond donors (Lipinski definition) is 1. The number of aromatic nitrogens is 4. The van der Waals surface area contributed by atoms with Gasteiger partial charge >= 0.3 is 0 Å². The zero-order valence-corrected chi connectivity index (χ0v) is 10.2. The van der Waals surface area contributed by atoms with Gasteiger partial charge in [0.2, 0.25) is 0 Å². The molecule has 0 aromatic carbocycles. The first-order chi connectivity index (χ1) is 7.69. The molecule has 0 amide bonds. The van der Waals surface area contributed by atoms with Crippen molar-refractivity contribution >= 4 is 0 Å². The molecule has 1 fully saturated rings. The summed E-state index contributed by atoms with van der Waals surface area (Å²) in [4.78, 5) is 3.96. The van der Waals surface area contributed by atoms with Gasteiger partial charge < -0.3 is 5.32 Å². The van der Waals surface area contributed by atoms with E-state index in [2.05, 4.69) is 39.5 Å². The lowest BCUT2D eigenvalue weighted by Gasteiger charge is -2.38. The molecule has 1 aliphatic heterocycles. The fourth-order valence-electron chi connectivity index (χ4n) is 2.20. The molecule has 2 unspecified atom stereocenters. The van der Waals surface area contributed by atoms with E-state index in [0.717, 1.165) is 31.9 Å². The Hall–Kier alpha value is -1.01. The highest BCUT2D eigenvalue weighted by Crippen LogP contribution is 2.12. The molecule has 1 aromatic heterocycles. The van der Waals surface area contributed by atoms with Crippen molar-refractivity contribution in [3.8, 4) is 0 Å². The van der Waals surface area contributed by atoms with Crippen LogP contribution in [0.2, 0.25) is 0 Å². The zero-order chi connectivity index (χ0) is 11.5. The maximum absolute atomic E-state index is 4.23. The van der Waals surface area contributed by atoms with Crippen LogP contribution in [0.25, 0.3) is 0 Å². The second-order valence-electron chi connectivity index (χ2n) is 4.50. The third-order valence-electron chi connectivity index (χ3n) is 3.09. The van der Waals surface area contributed by atoms with E-state index in [1.807, 2.05) is 0 Å². The van der Waals surface area contributed by atoms with Gasteiger partial charge in [0.1, 0.15) is 0 Å². The molecule has 90 valence electrons. The number of nitrogens with one attached hydrogen (secondary N) is 1. The van der Waals surface area contributed by atoms with Crippen molar-refractivity contribution in [2.75, 3.05) is 13.1 Å². The molecule has 0 aliphatic carbocycles. The first kappa shape index (κ1) is 11.5. The topological polar surface area (TPSA) is 58.9 Å². The van der Waals surface area contributed by atoms with E-state index >= 15 is 0 Å². The number of rotatable bonds is 3. The minimum atomic E-state index is 0.541. The van der Waals surface area contributed by atoms with Crippen molar-refractivity contribution in [2.24, 2.45) is 7.05 Å². The molecule has 1 aliphatic rings. The van der Waals surface area contributed by atoms with E-state index in [9.17, 15) is 0 Å². The smallest absolute Gasteiger partial charge is 0.188 e. The van der Waals surface area contributed by atoms with E-state index in [1.165, 1.54) is 4.80 Å². The Morgan fingerprint density at radius 2 is 2.31 bits per heavy atom. The van der Waals surface area contributed by atoms with Gasteiger partial charge in [0.25, 0.3) is 0 Å². The summed E-state index contributed by atoms with van der Waals surface area (Å²) in [7, 11) is 1.80. The molecule has 6 heteroatoms. The average Bonchev–Trinajstić information content (AvgIpc) is 2.64. The Kier molecular flexibility index (Phi) is 3.50. The van der Waals surface area contributed by atoms with E-state index in [4.69, 9.17) is 0 Å². The van der Waals surface area contributed by atoms with Crippen LogP contribution in [0.1, 0.15) is 26.1 Å². The fourth-order valence-corrected chi connectivity index (χ4v) is 2.20. The number of hydrogen-bond acceptors (Lipinski definition) is 5. The maximum atomic E-state index is 4.23. The number of nitrogens with zero attached hydrogens (tertiary/aromatic N) is 5. The lowest BCUT2D eigenvalue weighted by Crippen LogP contribution is -2.54. The van der Waals surface area contributed by atoms with Crippen LogP contribution >= 0.6 is 0 Å². The van der Waals surface area contributed by atoms with Gasteiger partial charge in [0.15, 0.2) is 5.82 Å². The van der Waals surface area contributed by atoms with Crippen LogP contribution in [0, 0.1) is 0 Å². The highest BCUT2D eigenvalue weighted by Gasteiger charge is 2.25. The molecule has 16 heavy (non-hydrogen) atoms. The second-order valence-corrected chi connectivity index (χ2v) is 4.50. The van der Waals surface area contributed by atoms with E-state index in [1.54, 1.807) is 7.05 Å². The molecule has 0 bridgehead atoms. The molecular formula is C10H20N6. The second kappa shape index (κ2) is 4.88. The summed E-state index contributed by atoms with van der Waals surface area (Å²) in [5.74, 6) is 0.815. The quantitative estimate of drug-likeness (QED) is 0.769. The number of tetrazole rings is 1. The summed E-state index contributed by atoms with van der Waals surface area (Å²) in [6.45, 7) is 7.34. The van der Waals surface area contributed by atoms with Crippen LogP contribution in [-0.2, 0) is 13.6 Å². The Morgan fingerprint density at radius 3 is 2.94 bits per heavy atom. The highest BCUT2D eigenvalue weighted by atomic mass is 15.6. The molecule has 2 atom stereocenters. The number of piperazine rings is 1. The minimum absolute atomic E-state index is 0.541. The van der Waals surface area contributed by atoms with E-state index in [-0.39, 0.29) is 0 Å². The molecule has 6 nitrogen and oxygen atoms in total. The Labute approximate surface area is 96.0 Å². The molecular weight excluding hydrogens is 204 g/mol. The van der Waals surface area contributed by atoms with Crippen LogP contribution in [0.3, 0.4) is 0 Å². The SMILES string of the molecule is CCC1CNC(C)CN1Cc1nnn(C)n1. The number of aryl methyl sites for hydroxylation is 1. The lowest BCUT2D eigenvalue weighted by atomic mass is 10.1. The van der Waals surface area contributed by atoms with Crippen LogP contribution in [0.15, 0.2) is 0 Å². The third kappa shape index (κ3) is 2.56. The van der Waals surface area contributed by atoms with Crippen LogP contribution in [-0.4, -0.2) is 50.3 Å². The van der Waals surface area contributed by atoms with Crippen molar-refractivity contribution in [2.45, 2.75) is 38.9 Å². The maximum Gasteiger partial charge on any atom is 0.188 e. The van der Waals surface area contributed by atoms with Gasteiger partial charge in [-0.25, -0.2) is 0 Å². The molecule has 1 N–H and O–H groups in total. The summed E-state index contributed by atoms with van der Waals surface area (Å²) < 4.78 is 0. The van der Waals surface area contributed by atoms with Crippen molar-refractivity contribution < 1.29 is 0 Å². The van der Waals surface area contributed by atoms with Crippen LogP contribution < -0.4 is 5.32 Å². The minimum Gasteiger partial charge on any atom is -0.311 e. The molecule has 2 heterocycles. The van der Waals surface area contributed by atoms with Crippen molar-refractivity contribution in [1.29, 1.82) is 0 Å². The molecule has 0 radical (unpaired) electrons. The molecule has 0 saturated carbocycles. The standard InChI is InChI=1S/C10H20N6/c1-4-9-5-11-8(2)6-16(9)7-10-12-14-15(3)13-10/h8-9,11H,4-7H2,1-3H3. The summed E-state index contributed by atoms with van der Waals surface area (Å²) in [5, 5.41) is 15.6. The fraction of sp³-hybridized carbons (Fsp3) is 0.900. The Bertz CT molecular complexity index is 336. The summed E-state index contributed by atoms with van der Waals surface area (Å²) in [6, 6.07) is 1.12. The van der Waals surface area contributed by atoms with Crippen molar-refractivity contribution in [3.63, 3.8) is 0 Å². The van der Waals surface area contributed by atoms with Gasteiger partial charge in [-0.2, -0.15) is 4.80 Å². The van der Waals surface area contributed by atoms with E-state index in [0.29, 0.717) is 12.1 Å². The van der Waals surface area contributed by atoms with Gasteiger partial charge in [-0.1, -0.05) is 6.92 Å². The van der Waals surface area contributed by atoms with Gasteiger partial charge in [-0.05, 0) is 18.6 Å². The van der Waals surface area contributed by atoms with Crippen LogP contribution in [0.5, 0.6) is 0 Å². The highest BCUT2D eigenvalue weighted by molar-refractivity contribution is 4.87. The normalized spacial score (nSPS) is 27.2. The average molecular weight is 224 g/mol. The van der Waals surface area contributed by atoms with Crippen molar-refractivity contribution in [1.82, 2.24) is 30.4 Å². The predicted molar refractivity (Wildman–Crippen MR) is 60.8 cm³/mol. The predicted octanol–water partition coefficient (Wildman–Crippen LogP) is -0.218. The summed E-state index contributed by atoms with van der Waals surface area (Å²) >= 11 is 0. The van der Waals surface area contributed by atoms with Crippen molar-refractivity contribution in [3.05, 3.63) is 5.82 Å². The first-order valence-electron chi connectivity index (χ1n) is 5.89. The third-order valence-corrected chi connectivity index (χ3v) is 3.09. The monoisotopic (exact) mass is 224 g/mol. The molecule has 2 rings (SSSR count). The van der Waals surface area contributed by atoms with Gasteiger partial charge in [-0.15, -0.1) is 10.2 Å². The Morgan fingerprint density at radius 1 is 1.50 bits per heavy atom.